The standard InChI is InChI=1S/C26H24ClNO2/c1-2-29-26-16-19(17-28-24-13-6-5-12-23(24)27)14-15-25(26)30-18-21-10-7-9-20-8-3-4-11-22(20)21/h3-16,28H,2,17-18H2,1H3. The minimum Gasteiger partial charge on any atom is -0.490 e. The third-order valence-corrected chi connectivity index (χ3v) is 5.26. The summed E-state index contributed by atoms with van der Waals surface area (Å²) in [6.07, 6.45) is 0. The first-order valence-electron chi connectivity index (χ1n) is 10.1. The molecule has 0 aromatic heterocycles. The predicted molar refractivity (Wildman–Crippen MR) is 125 cm³/mol. The van der Waals surface area contributed by atoms with Gasteiger partial charge in [-0.25, -0.2) is 0 Å². The van der Waals surface area contributed by atoms with Crippen molar-refractivity contribution in [3.8, 4) is 11.5 Å². The number of rotatable bonds is 8. The Hall–Kier alpha value is -3.17. The smallest absolute Gasteiger partial charge is 0.161 e. The second kappa shape index (κ2) is 9.55. The van der Waals surface area contributed by atoms with Gasteiger partial charge in [-0.2, -0.15) is 0 Å². The first kappa shape index (κ1) is 20.1. The summed E-state index contributed by atoms with van der Waals surface area (Å²) in [7, 11) is 0. The average molecular weight is 418 g/mol. The van der Waals surface area contributed by atoms with Crippen molar-refractivity contribution >= 4 is 28.1 Å². The Labute approximate surface area is 182 Å². The van der Waals surface area contributed by atoms with Gasteiger partial charge in [-0.1, -0.05) is 72.3 Å². The molecule has 0 atom stereocenters. The summed E-state index contributed by atoms with van der Waals surface area (Å²) in [5.41, 5.74) is 3.16. The second-order valence-electron chi connectivity index (χ2n) is 6.97. The number of benzene rings is 4. The highest BCUT2D eigenvalue weighted by Crippen LogP contribution is 2.31. The Morgan fingerprint density at radius 3 is 2.47 bits per heavy atom. The van der Waals surface area contributed by atoms with E-state index in [4.69, 9.17) is 21.1 Å². The summed E-state index contributed by atoms with van der Waals surface area (Å²) in [4.78, 5) is 0. The molecular weight excluding hydrogens is 394 g/mol. The highest BCUT2D eigenvalue weighted by atomic mass is 35.5. The Morgan fingerprint density at radius 1 is 0.800 bits per heavy atom. The van der Waals surface area contributed by atoms with Gasteiger partial charge in [0.15, 0.2) is 11.5 Å². The number of anilines is 1. The van der Waals surface area contributed by atoms with Crippen LogP contribution < -0.4 is 14.8 Å². The molecule has 0 amide bonds. The fraction of sp³-hybridized carbons (Fsp3) is 0.154. The molecular formula is C26H24ClNO2. The van der Waals surface area contributed by atoms with E-state index >= 15 is 0 Å². The van der Waals surface area contributed by atoms with Crippen LogP contribution in [0.4, 0.5) is 5.69 Å². The molecule has 0 bridgehead atoms. The zero-order chi connectivity index (χ0) is 20.8. The monoisotopic (exact) mass is 417 g/mol. The van der Waals surface area contributed by atoms with Gasteiger partial charge < -0.3 is 14.8 Å². The maximum atomic E-state index is 6.23. The summed E-state index contributed by atoms with van der Waals surface area (Å²) >= 11 is 6.23. The number of nitrogens with one attached hydrogen (secondary N) is 1. The van der Waals surface area contributed by atoms with E-state index in [1.54, 1.807) is 0 Å². The van der Waals surface area contributed by atoms with Crippen molar-refractivity contribution in [3.05, 3.63) is 101 Å². The van der Waals surface area contributed by atoms with Gasteiger partial charge in [-0.3, -0.25) is 0 Å². The molecule has 0 fully saturated rings. The molecule has 4 aromatic carbocycles. The number of hydrogen-bond donors (Lipinski definition) is 1. The Kier molecular flexibility index (Phi) is 6.41. The molecule has 0 aliphatic rings. The van der Waals surface area contributed by atoms with Crippen molar-refractivity contribution in [2.24, 2.45) is 0 Å². The third kappa shape index (κ3) is 4.69. The van der Waals surface area contributed by atoms with Crippen LogP contribution in [0.5, 0.6) is 11.5 Å². The second-order valence-corrected chi connectivity index (χ2v) is 7.38. The molecule has 152 valence electrons. The van der Waals surface area contributed by atoms with Crippen LogP contribution in [0.15, 0.2) is 84.9 Å². The van der Waals surface area contributed by atoms with E-state index in [1.807, 2.05) is 49.4 Å². The van der Waals surface area contributed by atoms with Crippen molar-refractivity contribution < 1.29 is 9.47 Å². The van der Waals surface area contributed by atoms with E-state index in [-0.39, 0.29) is 0 Å². The zero-order valence-corrected chi connectivity index (χ0v) is 17.7. The van der Waals surface area contributed by atoms with Crippen molar-refractivity contribution in [2.75, 3.05) is 11.9 Å². The Balaban J connectivity index is 1.49. The van der Waals surface area contributed by atoms with E-state index in [9.17, 15) is 0 Å². The number of fused-ring (bicyclic) bond motifs is 1. The van der Waals surface area contributed by atoms with Gasteiger partial charge in [0.1, 0.15) is 6.61 Å². The van der Waals surface area contributed by atoms with Gasteiger partial charge in [0.25, 0.3) is 0 Å². The van der Waals surface area contributed by atoms with Crippen molar-refractivity contribution in [1.29, 1.82) is 0 Å². The SMILES string of the molecule is CCOc1cc(CNc2ccccc2Cl)ccc1OCc1cccc2ccccc12. The molecule has 0 spiro atoms. The van der Waals surface area contributed by atoms with Crippen molar-refractivity contribution in [2.45, 2.75) is 20.1 Å². The largest absolute Gasteiger partial charge is 0.490 e. The quantitative estimate of drug-likeness (QED) is 0.332. The Bertz CT molecular complexity index is 1140. The van der Waals surface area contributed by atoms with E-state index in [1.165, 1.54) is 10.8 Å². The van der Waals surface area contributed by atoms with Crippen molar-refractivity contribution in [1.82, 2.24) is 0 Å². The maximum Gasteiger partial charge on any atom is 0.161 e. The summed E-state index contributed by atoms with van der Waals surface area (Å²) < 4.78 is 12.0. The first-order valence-corrected chi connectivity index (χ1v) is 10.5. The lowest BCUT2D eigenvalue weighted by Gasteiger charge is -2.15. The van der Waals surface area contributed by atoms with Crippen LogP contribution in [0.25, 0.3) is 10.8 Å². The summed E-state index contributed by atoms with van der Waals surface area (Å²) in [5, 5.41) is 6.49. The molecule has 0 saturated heterocycles. The van der Waals surface area contributed by atoms with Gasteiger partial charge in [0.2, 0.25) is 0 Å². The van der Waals surface area contributed by atoms with E-state index in [2.05, 4.69) is 47.8 Å². The van der Waals surface area contributed by atoms with Gasteiger partial charge in [0, 0.05) is 6.54 Å². The molecule has 3 nitrogen and oxygen atoms in total. The summed E-state index contributed by atoms with van der Waals surface area (Å²) in [6, 6.07) is 28.4. The predicted octanol–water partition coefficient (Wildman–Crippen LogP) is 7.08. The van der Waals surface area contributed by atoms with Crippen LogP contribution in [-0.4, -0.2) is 6.61 Å². The number of halogens is 1. The van der Waals surface area contributed by atoms with Crippen LogP contribution in [-0.2, 0) is 13.2 Å². The highest BCUT2D eigenvalue weighted by molar-refractivity contribution is 6.33. The number of hydrogen-bond acceptors (Lipinski definition) is 3. The van der Waals surface area contributed by atoms with Gasteiger partial charge in [-0.05, 0) is 53.1 Å². The minimum absolute atomic E-state index is 0.485. The van der Waals surface area contributed by atoms with Crippen LogP contribution in [0.2, 0.25) is 5.02 Å². The fourth-order valence-electron chi connectivity index (χ4n) is 3.43. The average Bonchev–Trinajstić information content (AvgIpc) is 2.78. The molecule has 0 aliphatic carbocycles. The van der Waals surface area contributed by atoms with Crippen LogP contribution >= 0.6 is 11.6 Å². The molecule has 0 radical (unpaired) electrons. The molecule has 4 aromatic rings. The van der Waals surface area contributed by atoms with Gasteiger partial charge in [-0.15, -0.1) is 0 Å². The highest BCUT2D eigenvalue weighted by Gasteiger charge is 2.09. The zero-order valence-electron chi connectivity index (χ0n) is 16.9. The normalized spacial score (nSPS) is 10.7. The summed E-state index contributed by atoms with van der Waals surface area (Å²) in [5.74, 6) is 1.49. The van der Waals surface area contributed by atoms with Crippen molar-refractivity contribution in [3.63, 3.8) is 0 Å². The van der Waals surface area contributed by atoms with Crippen LogP contribution in [0.1, 0.15) is 18.1 Å². The third-order valence-electron chi connectivity index (χ3n) is 4.93. The molecule has 0 heterocycles. The van der Waals surface area contributed by atoms with E-state index in [0.717, 1.165) is 28.3 Å². The number of para-hydroxylation sites is 1. The lowest BCUT2D eigenvalue weighted by molar-refractivity contribution is 0.270. The molecule has 4 rings (SSSR count). The molecule has 30 heavy (non-hydrogen) atoms. The van der Waals surface area contributed by atoms with Crippen LogP contribution in [0, 0.1) is 0 Å². The lowest BCUT2D eigenvalue weighted by atomic mass is 10.1. The molecule has 1 N–H and O–H groups in total. The molecule has 0 unspecified atom stereocenters. The molecule has 0 saturated carbocycles. The van der Waals surface area contributed by atoms with Crippen LogP contribution in [0.3, 0.4) is 0 Å². The number of ether oxygens (including phenoxy) is 2. The summed E-state index contributed by atoms with van der Waals surface area (Å²) in [6.45, 7) is 3.68. The van der Waals surface area contributed by atoms with E-state index in [0.29, 0.717) is 24.8 Å². The molecule has 0 aliphatic heterocycles. The fourth-order valence-corrected chi connectivity index (χ4v) is 3.63. The Morgan fingerprint density at radius 2 is 1.60 bits per heavy atom. The molecule has 4 heteroatoms. The van der Waals surface area contributed by atoms with Gasteiger partial charge in [0.05, 0.1) is 17.3 Å². The van der Waals surface area contributed by atoms with E-state index < -0.39 is 0 Å². The topological polar surface area (TPSA) is 30.5 Å². The first-order chi connectivity index (χ1) is 14.7. The maximum absolute atomic E-state index is 6.23. The minimum atomic E-state index is 0.485. The lowest BCUT2D eigenvalue weighted by Crippen LogP contribution is -2.03. The van der Waals surface area contributed by atoms with Gasteiger partial charge >= 0.3 is 0 Å².